The van der Waals surface area contributed by atoms with Crippen molar-refractivity contribution in [3.63, 3.8) is 0 Å². The molecule has 0 radical (unpaired) electrons. The van der Waals surface area contributed by atoms with Gasteiger partial charge in [0.05, 0.1) is 30.0 Å². The maximum absolute atomic E-state index is 14.4. The lowest BCUT2D eigenvalue weighted by atomic mass is 9.78. The van der Waals surface area contributed by atoms with E-state index in [0.717, 1.165) is 17.1 Å². The molecule has 0 saturated carbocycles. The highest BCUT2D eigenvalue weighted by molar-refractivity contribution is 7.13. The third-order valence-electron chi connectivity index (χ3n) is 12.3. The minimum atomic E-state index is -1.22. The van der Waals surface area contributed by atoms with Crippen LogP contribution < -0.4 is 5.32 Å². The Bertz CT molecular complexity index is 1650. The maximum Gasteiger partial charge on any atom is 0.410 e. The van der Waals surface area contributed by atoms with Crippen molar-refractivity contribution in [3.8, 4) is 10.7 Å². The third kappa shape index (κ3) is 12.8. The summed E-state index contributed by atoms with van der Waals surface area (Å²) in [7, 11) is 5.39. The molecule has 13 atom stereocenters. The van der Waals surface area contributed by atoms with Gasteiger partial charge in [-0.25, -0.2) is 9.78 Å². The summed E-state index contributed by atoms with van der Waals surface area (Å²) in [5, 5.41) is 26.3. The number of unbranched alkanes of at least 4 members (excludes halogenated alkanes) is 1. The van der Waals surface area contributed by atoms with Crippen LogP contribution in [-0.2, 0) is 39.8 Å². The third-order valence-corrected chi connectivity index (χ3v) is 13.1. The van der Waals surface area contributed by atoms with Crippen molar-refractivity contribution in [2.45, 2.75) is 191 Å². The van der Waals surface area contributed by atoms with Gasteiger partial charge in [-0.1, -0.05) is 63.1 Å². The summed E-state index contributed by atoms with van der Waals surface area (Å²) in [6.07, 6.45) is 1.99. The van der Waals surface area contributed by atoms with Crippen molar-refractivity contribution in [1.29, 1.82) is 0 Å². The van der Waals surface area contributed by atoms with E-state index in [-0.39, 0.29) is 61.2 Å². The first-order valence-corrected chi connectivity index (χ1v) is 21.3. The van der Waals surface area contributed by atoms with Crippen molar-refractivity contribution >= 4 is 29.2 Å². The topological polar surface area (TPSA) is 180 Å². The summed E-state index contributed by atoms with van der Waals surface area (Å²) in [6, 6.07) is -1.02. The lowest BCUT2D eigenvalue weighted by Crippen LogP contribution is -2.61. The number of Topliss-reactive ketones (excluding diaryl/α,β-unsaturated/α-hetero) is 1. The fourth-order valence-corrected chi connectivity index (χ4v) is 9.66. The van der Waals surface area contributed by atoms with E-state index in [2.05, 4.69) is 27.5 Å². The van der Waals surface area contributed by atoms with Gasteiger partial charge in [-0.3, -0.25) is 19.2 Å². The lowest BCUT2D eigenvalue weighted by molar-refractivity contribution is -0.295. The first-order valence-electron chi connectivity index (χ1n) is 20.4. The van der Waals surface area contributed by atoms with Crippen molar-refractivity contribution in [2.24, 2.45) is 17.8 Å². The molecule has 3 unspecified atom stereocenters. The minimum absolute atomic E-state index is 0. The number of fused-ring (bicyclic) bond motifs is 1. The summed E-state index contributed by atoms with van der Waals surface area (Å²) >= 11 is 1.50. The normalized spacial score (nSPS) is 34.4. The summed E-state index contributed by atoms with van der Waals surface area (Å²) in [5.74, 6) is -3.14. The average Bonchev–Trinajstić information content (AvgIpc) is 3.93. The van der Waals surface area contributed by atoms with Gasteiger partial charge in [0.2, 0.25) is 0 Å². The first-order chi connectivity index (χ1) is 26.9. The zero-order valence-electron chi connectivity index (χ0n) is 35.5. The van der Waals surface area contributed by atoms with E-state index in [1.165, 1.54) is 18.3 Å². The van der Waals surface area contributed by atoms with Gasteiger partial charge in [-0.2, -0.15) is 0 Å². The number of hydrogen-bond donors (Lipinski definition) is 2. The molecule has 360 valence electrons. The van der Waals surface area contributed by atoms with E-state index < -0.39 is 71.5 Å². The molecule has 2 aromatic heterocycles. The van der Waals surface area contributed by atoms with Gasteiger partial charge in [0, 0.05) is 49.8 Å². The summed E-state index contributed by atoms with van der Waals surface area (Å²) in [6.45, 7) is 16.5. The number of aryl methyl sites for hydroxylation is 1. The Labute approximate surface area is 378 Å². The van der Waals surface area contributed by atoms with Crippen LogP contribution in [0.15, 0.2) is 17.8 Å². The number of esters is 1. The van der Waals surface area contributed by atoms with Crippen LogP contribution in [0.2, 0.25) is 0 Å². The monoisotopic (exact) mass is 900 g/mol. The van der Waals surface area contributed by atoms with Crippen LogP contribution in [0.1, 0.15) is 125 Å². The van der Waals surface area contributed by atoms with Crippen LogP contribution in [0, 0.1) is 17.8 Å². The summed E-state index contributed by atoms with van der Waals surface area (Å²) in [4.78, 5) is 50.1. The number of rotatable bonds is 11. The quantitative estimate of drug-likeness (QED) is 0.130. The van der Waals surface area contributed by atoms with Crippen LogP contribution in [0.3, 0.4) is 0 Å². The Balaban J connectivity index is 0.00000744. The Kier molecular flexibility index (Phi) is 23.6. The molecule has 5 rings (SSSR count). The number of thiazole rings is 1. The summed E-state index contributed by atoms with van der Waals surface area (Å²) in [5.41, 5.74) is -1.54. The number of carbonyl (C=O) groups is 3. The fraction of sp³-hybridized carbons (Fsp3) is 0.822. The molecule has 62 heavy (non-hydrogen) atoms. The molecule has 3 saturated heterocycles. The number of likely N-dealkylation sites (N-methyl/N-ethyl adjacent to an activating group) is 1. The minimum Gasteiger partial charge on any atom is -0.458 e. The number of ether oxygens (including phenoxy) is 5. The van der Waals surface area contributed by atoms with Gasteiger partial charge < -0.3 is 39.0 Å². The Hall–Kier alpha value is -3.06. The van der Waals surface area contributed by atoms with E-state index in [0.29, 0.717) is 45.3 Å². The van der Waals surface area contributed by atoms with Crippen molar-refractivity contribution in [2.75, 3.05) is 34.3 Å². The molecule has 2 aromatic rings. The number of nitrogens with one attached hydrogen (secondary N) is 1. The van der Waals surface area contributed by atoms with Crippen LogP contribution >= 0.6 is 11.3 Å². The van der Waals surface area contributed by atoms with Crippen molar-refractivity contribution in [1.82, 2.24) is 35.1 Å². The molecule has 0 bridgehead atoms. The smallest absolute Gasteiger partial charge is 0.410 e. The second-order valence-corrected chi connectivity index (χ2v) is 17.9. The molecule has 3 aliphatic rings. The van der Waals surface area contributed by atoms with Gasteiger partial charge in [0.25, 0.3) is 0 Å². The molecule has 0 spiro atoms. The second-order valence-electron chi connectivity index (χ2n) is 17.0. The van der Waals surface area contributed by atoms with E-state index in [1.54, 1.807) is 29.8 Å². The van der Waals surface area contributed by atoms with Crippen LogP contribution in [-0.4, -0.2) is 147 Å². The van der Waals surface area contributed by atoms with Gasteiger partial charge >= 0.3 is 12.1 Å². The molecule has 3 aliphatic heterocycles. The van der Waals surface area contributed by atoms with E-state index in [1.807, 2.05) is 65.2 Å². The second kappa shape index (κ2) is 24.9. The maximum atomic E-state index is 14.4. The number of amides is 1. The predicted octanol–water partition coefficient (Wildman–Crippen LogP) is 7.34. The zero-order valence-corrected chi connectivity index (χ0v) is 36.4. The zero-order chi connectivity index (χ0) is 41.8. The number of aliphatic hydroxyl groups excluding tert-OH is 1. The standard InChI is InChI=1S/C40H65N7O9S.5CH4/c1-12-30-40(8)33(47(38(51)56-40)17-14-13-16-46-22-28(43-44-46)35-41-15-18-57-35)27(6)42-21-23(2)20-39(7,52-11)34(25(4)31(48)26(5)36(50)54-30)55-37-32(49)29(45(9)10)19-24(3)53-37;;;;;/h15,18,22-27,29-30,32-34,37,42,49H,12-14,16-17,19-21H2,1-11H3;5*1H4/t23-,24?,25+,26-,27-,29?,30-,32?,33-,34-,37+,39-,40-;;;;;/m1...../s1. The van der Waals surface area contributed by atoms with Crippen LogP contribution in [0.5, 0.6) is 0 Å². The van der Waals surface area contributed by atoms with Gasteiger partial charge in [-0.15, -0.1) is 16.4 Å². The molecular weight excluding hydrogens is 815 g/mol. The van der Waals surface area contributed by atoms with Gasteiger partial charge in [0.1, 0.15) is 28.8 Å². The number of aromatic nitrogens is 4. The van der Waals surface area contributed by atoms with Crippen LogP contribution in [0.25, 0.3) is 10.7 Å². The molecule has 1 amide bonds. The van der Waals surface area contributed by atoms with Gasteiger partial charge in [0.15, 0.2) is 17.7 Å². The Morgan fingerprint density at radius 2 is 1.69 bits per heavy atom. The highest BCUT2D eigenvalue weighted by atomic mass is 32.1. The van der Waals surface area contributed by atoms with E-state index in [9.17, 15) is 19.5 Å². The number of carbonyl (C=O) groups excluding carboxylic acids is 3. The molecular formula is C45H85N7O9S. The van der Waals surface area contributed by atoms with E-state index in [4.69, 9.17) is 23.7 Å². The Morgan fingerprint density at radius 3 is 2.29 bits per heavy atom. The predicted molar refractivity (Wildman–Crippen MR) is 247 cm³/mol. The SMILES string of the molecule is C.C.C.C.C.CC[C@H]1OC(=O)[C@H](C)C(=O)[C@H](C)[C@@H](O[C@@H]2OC(C)CC(N(C)C)C2O)[C@](C)(OC)C[C@@H](C)CN[C@H](C)[C@H]2N(CCCCn3cc(-c4nccs4)nn3)C(=O)O[C@]12C. The number of methoxy groups -OCH3 is 1. The first kappa shape index (κ1) is 58.9. The molecule has 17 heteroatoms. The highest BCUT2D eigenvalue weighted by Gasteiger charge is 2.58. The highest BCUT2D eigenvalue weighted by Crippen LogP contribution is 2.40. The van der Waals surface area contributed by atoms with Crippen LogP contribution in [0.4, 0.5) is 4.79 Å². The number of aliphatic hydroxyl groups is 1. The average molecular weight is 900 g/mol. The lowest BCUT2D eigenvalue weighted by Gasteiger charge is -2.46. The van der Waals surface area contributed by atoms with Crippen molar-refractivity contribution < 1.29 is 43.2 Å². The number of cyclic esters (lactones) is 1. The number of hydrogen-bond acceptors (Lipinski definition) is 15. The molecule has 0 aliphatic carbocycles. The Morgan fingerprint density at radius 1 is 1.03 bits per heavy atom. The molecule has 2 N–H and O–H groups in total. The van der Waals surface area contributed by atoms with Crippen molar-refractivity contribution in [3.05, 3.63) is 17.8 Å². The number of nitrogens with zero attached hydrogens (tertiary/aromatic N) is 6. The van der Waals surface area contributed by atoms with E-state index >= 15 is 0 Å². The largest absolute Gasteiger partial charge is 0.458 e. The molecule has 16 nitrogen and oxygen atoms in total. The van der Waals surface area contributed by atoms with Gasteiger partial charge in [-0.05, 0) is 93.3 Å². The molecule has 5 heterocycles. The fourth-order valence-electron chi connectivity index (χ4n) is 9.07. The molecule has 0 aromatic carbocycles. The summed E-state index contributed by atoms with van der Waals surface area (Å²) < 4.78 is 33.2. The number of ketones is 1. The molecule has 3 fully saturated rings.